The van der Waals surface area contributed by atoms with Gasteiger partial charge in [-0.15, -0.1) is 0 Å². The zero-order valence-electron chi connectivity index (χ0n) is 15.9. The van der Waals surface area contributed by atoms with Gasteiger partial charge in [-0.05, 0) is 31.2 Å². The van der Waals surface area contributed by atoms with Crippen molar-refractivity contribution in [2.75, 3.05) is 11.9 Å². The standard InChI is InChI=1S/C21H20ClN3O3/c1-4-21(27)25(3)18-8-6-14(9-16(18)22)17-7-5-15(12-23-17)19(26)10-20-24-11-13(2)28-20/h5-9,11-12H,4,10H2,1-3H3. The number of oxazole rings is 1. The van der Waals surface area contributed by atoms with E-state index in [9.17, 15) is 9.59 Å². The van der Waals surface area contributed by atoms with Crippen LogP contribution in [0.2, 0.25) is 5.02 Å². The molecule has 0 radical (unpaired) electrons. The number of halogens is 1. The van der Waals surface area contributed by atoms with Crippen LogP contribution in [0, 0.1) is 6.92 Å². The second kappa shape index (κ2) is 8.35. The van der Waals surface area contributed by atoms with Gasteiger partial charge in [-0.25, -0.2) is 4.98 Å². The highest BCUT2D eigenvalue weighted by Crippen LogP contribution is 2.30. The first kappa shape index (κ1) is 19.8. The van der Waals surface area contributed by atoms with Crippen molar-refractivity contribution in [3.8, 4) is 11.3 Å². The van der Waals surface area contributed by atoms with Crippen molar-refractivity contribution in [2.45, 2.75) is 26.7 Å². The summed E-state index contributed by atoms with van der Waals surface area (Å²) in [6, 6.07) is 8.88. The predicted octanol–water partition coefficient (Wildman–Crippen LogP) is 4.50. The van der Waals surface area contributed by atoms with Gasteiger partial charge >= 0.3 is 0 Å². The van der Waals surface area contributed by atoms with Gasteiger partial charge < -0.3 is 9.32 Å². The SMILES string of the molecule is CCC(=O)N(C)c1ccc(-c2ccc(C(=O)Cc3ncc(C)o3)cn2)cc1Cl. The van der Waals surface area contributed by atoms with Crippen molar-refractivity contribution in [3.63, 3.8) is 0 Å². The number of anilines is 1. The van der Waals surface area contributed by atoms with E-state index in [1.165, 1.54) is 11.1 Å². The van der Waals surface area contributed by atoms with Gasteiger partial charge in [-0.2, -0.15) is 0 Å². The second-order valence-corrected chi connectivity index (χ2v) is 6.78. The van der Waals surface area contributed by atoms with Gasteiger partial charge in [0.05, 0.1) is 29.0 Å². The molecule has 3 rings (SSSR count). The number of nitrogens with zero attached hydrogens (tertiary/aromatic N) is 3. The maximum Gasteiger partial charge on any atom is 0.226 e. The highest BCUT2D eigenvalue weighted by molar-refractivity contribution is 6.34. The lowest BCUT2D eigenvalue weighted by atomic mass is 10.1. The third kappa shape index (κ3) is 4.28. The minimum Gasteiger partial charge on any atom is -0.446 e. The van der Waals surface area contributed by atoms with Gasteiger partial charge in [-0.1, -0.05) is 24.6 Å². The molecule has 0 bridgehead atoms. The molecule has 0 aliphatic heterocycles. The Morgan fingerprint density at radius 2 is 1.93 bits per heavy atom. The number of rotatable bonds is 6. The van der Waals surface area contributed by atoms with Gasteiger partial charge in [0, 0.05) is 30.8 Å². The lowest BCUT2D eigenvalue weighted by molar-refractivity contribution is -0.118. The molecule has 6 nitrogen and oxygen atoms in total. The largest absolute Gasteiger partial charge is 0.446 e. The van der Waals surface area contributed by atoms with Crippen LogP contribution in [0.1, 0.15) is 35.4 Å². The van der Waals surface area contributed by atoms with E-state index in [0.29, 0.717) is 40.0 Å². The minimum atomic E-state index is -0.117. The van der Waals surface area contributed by atoms with E-state index in [0.717, 1.165) is 5.56 Å². The fourth-order valence-electron chi connectivity index (χ4n) is 2.76. The van der Waals surface area contributed by atoms with Gasteiger partial charge in [-0.3, -0.25) is 14.6 Å². The Bertz CT molecular complexity index is 1010. The molecule has 2 aromatic heterocycles. The molecule has 2 heterocycles. The molecule has 0 saturated heterocycles. The van der Waals surface area contributed by atoms with Crippen molar-refractivity contribution < 1.29 is 14.0 Å². The van der Waals surface area contributed by atoms with E-state index in [-0.39, 0.29) is 18.1 Å². The molecule has 1 amide bonds. The number of amides is 1. The van der Waals surface area contributed by atoms with Crippen molar-refractivity contribution in [2.24, 2.45) is 0 Å². The average molecular weight is 398 g/mol. The number of hydrogen-bond donors (Lipinski definition) is 0. The number of ketones is 1. The first-order chi connectivity index (χ1) is 13.4. The van der Waals surface area contributed by atoms with Gasteiger partial charge in [0.25, 0.3) is 0 Å². The molecule has 0 saturated carbocycles. The summed E-state index contributed by atoms with van der Waals surface area (Å²) in [4.78, 5) is 34.2. The van der Waals surface area contributed by atoms with Crippen LogP contribution in [0.5, 0.6) is 0 Å². The zero-order valence-corrected chi connectivity index (χ0v) is 16.7. The highest BCUT2D eigenvalue weighted by Gasteiger charge is 2.15. The highest BCUT2D eigenvalue weighted by atomic mass is 35.5. The number of hydrogen-bond acceptors (Lipinski definition) is 5. The Balaban J connectivity index is 1.77. The normalized spacial score (nSPS) is 10.7. The second-order valence-electron chi connectivity index (χ2n) is 6.37. The summed E-state index contributed by atoms with van der Waals surface area (Å²) in [6.07, 6.45) is 3.61. The maximum absolute atomic E-state index is 12.3. The first-order valence-electron chi connectivity index (χ1n) is 8.86. The summed E-state index contributed by atoms with van der Waals surface area (Å²) in [7, 11) is 1.70. The third-order valence-electron chi connectivity index (χ3n) is 4.35. The summed E-state index contributed by atoms with van der Waals surface area (Å²) in [5.41, 5.74) is 2.61. The smallest absolute Gasteiger partial charge is 0.226 e. The van der Waals surface area contributed by atoms with Crippen LogP contribution in [-0.4, -0.2) is 28.7 Å². The summed E-state index contributed by atoms with van der Waals surface area (Å²) in [6.45, 7) is 3.58. The number of aromatic nitrogens is 2. The Labute approximate surface area is 168 Å². The van der Waals surface area contributed by atoms with Gasteiger partial charge in [0.15, 0.2) is 5.78 Å². The van der Waals surface area contributed by atoms with Crippen molar-refractivity contribution >= 4 is 29.0 Å². The van der Waals surface area contributed by atoms with Crippen molar-refractivity contribution in [1.29, 1.82) is 0 Å². The molecule has 3 aromatic rings. The lowest BCUT2D eigenvalue weighted by Crippen LogP contribution is -2.25. The Morgan fingerprint density at radius 3 is 2.50 bits per heavy atom. The quantitative estimate of drug-likeness (QED) is 0.572. The average Bonchev–Trinajstić information content (AvgIpc) is 3.11. The molecule has 1 aromatic carbocycles. The van der Waals surface area contributed by atoms with Gasteiger partial charge in [0.1, 0.15) is 5.76 Å². The van der Waals surface area contributed by atoms with E-state index >= 15 is 0 Å². The maximum atomic E-state index is 12.3. The van der Waals surface area contributed by atoms with E-state index in [1.54, 1.807) is 51.4 Å². The molecule has 0 N–H and O–H groups in total. The topological polar surface area (TPSA) is 76.3 Å². The van der Waals surface area contributed by atoms with E-state index in [1.807, 2.05) is 6.07 Å². The van der Waals surface area contributed by atoms with Crippen LogP contribution in [0.15, 0.2) is 47.1 Å². The summed E-state index contributed by atoms with van der Waals surface area (Å²) in [5.74, 6) is 0.924. The summed E-state index contributed by atoms with van der Waals surface area (Å²) < 4.78 is 5.34. The number of carbonyl (C=O) groups excluding carboxylic acids is 2. The zero-order chi connectivity index (χ0) is 20.3. The fourth-order valence-corrected chi connectivity index (χ4v) is 3.07. The van der Waals surface area contributed by atoms with Crippen LogP contribution in [0.4, 0.5) is 5.69 Å². The van der Waals surface area contributed by atoms with Crippen LogP contribution >= 0.6 is 11.6 Å². The number of Topliss-reactive ketones (excluding diaryl/α,β-unsaturated/α-hetero) is 1. The number of aryl methyl sites for hydroxylation is 1. The van der Waals surface area contributed by atoms with Crippen LogP contribution in [0.3, 0.4) is 0 Å². The van der Waals surface area contributed by atoms with Crippen LogP contribution in [0.25, 0.3) is 11.3 Å². The first-order valence-corrected chi connectivity index (χ1v) is 9.24. The number of pyridine rings is 1. The van der Waals surface area contributed by atoms with E-state index in [4.69, 9.17) is 16.0 Å². The molecular weight excluding hydrogens is 378 g/mol. The summed E-state index contributed by atoms with van der Waals surface area (Å²) >= 11 is 6.36. The monoisotopic (exact) mass is 397 g/mol. The molecule has 0 spiro atoms. The van der Waals surface area contributed by atoms with Crippen LogP contribution in [-0.2, 0) is 11.2 Å². The van der Waals surface area contributed by atoms with E-state index in [2.05, 4.69) is 9.97 Å². The molecule has 28 heavy (non-hydrogen) atoms. The Hall–Kier alpha value is -2.99. The molecule has 0 aliphatic carbocycles. The molecule has 144 valence electrons. The van der Waals surface area contributed by atoms with Crippen molar-refractivity contribution in [3.05, 3.63) is 65.0 Å². The van der Waals surface area contributed by atoms with Crippen LogP contribution < -0.4 is 4.90 Å². The third-order valence-corrected chi connectivity index (χ3v) is 4.65. The minimum absolute atomic E-state index is 0.0168. The molecule has 0 unspecified atom stereocenters. The lowest BCUT2D eigenvalue weighted by Gasteiger charge is -2.18. The van der Waals surface area contributed by atoms with Gasteiger partial charge in [0.2, 0.25) is 11.8 Å². The Morgan fingerprint density at radius 1 is 1.14 bits per heavy atom. The fraction of sp³-hybridized carbons (Fsp3) is 0.238. The Kier molecular flexibility index (Phi) is 5.90. The molecular formula is C21H20ClN3O3. The van der Waals surface area contributed by atoms with Crippen molar-refractivity contribution in [1.82, 2.24) is 9.97 Å². The summed E-state index contributed by atoms with van der Waals surface area (Å²) in [5, 5.41) is 0.461. The number of benzene rings is 1. The molecule has 0 atom stereocenters. The predicted molar refractivity (Wildman–Crippen MR) is 108 cm³/mol. The number of carbonyl (C=O) groups is 2. The molecule has 7 heteroatoms. The molecule has 0 fully saturated rings. The van der Waals surface area contributed by atoms with E-state index < -0.39 is 0 Å². The molecule has 0 aliphatic rings.